The van der Waals surface area contributed by atoms with Crippen LogP contribution >= 0.6 is 0 Å². The summed E-state index contributed by atoms with van der Waals surface area (Å²) in [5.41, 5.74) is 4.13. The van der Waals surface area contributed by atoms with Crippen molar-refractivity contribution < 1.29 is 4.52 Å². The van der Waals surface area contributed by atoms with Crippen LogP contribution in [0.2, 0.25) is 0 Å². The number of nitrogens with one attached hydrogen (secondary N) is 3. The van der Waals surface area contributed by atoms with Gasteiger partial charge in [-0.15, -0.1) is 0 Å². The third-order valence-corrected chi connectivity index (χ3v) is 3.22. The average molecular weight is 276 g/mol. The molecule has 2 aromatic heterocycles. The Labute approximate surface area is 117 Å². The molecule has 20 heavy (non-hydrogen) atoms. The average Bonchev–Trinajstić information content (AvgIpc) is 2.98. The summed E-state index contributed by atoms with van der Waals surface area (Å²) in [5, 5.41) is 17.3. The predicted octanol–water partition coefficient (Wildman–Crippen LogP) is 1.19. The number of aryl methyl sites for hydroxylation is 3. The van der Waals surface area contributed by atoms with Crippen molar-refractivity contribution in [3.63, 3.8) is 0 Å². The fourth-order valence-corrected chi connectivity index (χ4v) is 1.88. The molecule has 0 amide bonds. The maximum absolute atomic E-state index is 5.13. The molecule has 0 fully saturated rings. The topological polar surface area (TPSA) is 91.1 Å². The van der Waals surface area contributed by atoms with Crippen LogP contribution in [0, 0.1) is 20.8 Å². The van der Waals surface area contributed by atoms with Crippen LogP contribution in [0.5, 0.6) is 0 Å². The van der Waals surface area contributed by atoms with Gasteiger partial charge in [0, 0.05) is 37.0 Å². The van der Waals surface area contributed by atoms with E-state index in [1.807, 2.05) is 27.0 Å². The Morgan fingerprint density at radius 1 is 1.30 bits per heavy atom. The summed E-state index contributed by atoms with van der Waals surface area (Å²) in [6, 6.07) is 0. The molecular formula is C13H20N6O. The summed E-state index contributed by atoms with van der Waals surface area (Å²) in [6.45, 7) is 7.12. The highest BCUT2D eigenvalue weighted by Crippen LogP contribution is 2.11. The van der Waals surface area contributed by atoms with Gasteiger partial charge in [0.15, 0.2) is 5.96 Å². The minimum Gasteiger partial charge on any atom is -0.361 e. The third-order valence-electron chi connectivity index (χ3n) is 3.22. The van der Waals surface area contributed by atoms with E-state index in [0.29, 0.717) is 13.1 Å². The summed E-state index contributed by atoms with van der Waals surface area (Å²) >= 11 is 0. The second-order valence-electron chi connectivity index (χ2n) is 4.60. The molecule has 0 unspecified atom stereocenters. The molecule has 0 bridgehead atoms. The van der Waals surface area contributed by atoms with Gasteiger partial charge in [-0.3, -0.25) is 10.1 Å². The first-order valence-electron chi connectivity index (χ1n) is 6.47. The van der Waals surface area contributed by atoms with Gasteiger partial charge in [-0.25, -0.2) is 0 Å². The SMILES string of the molecule is CN=C(NCc1cn[nH]c1C)NCc1c(C)noc1C. The minimum absolute atomic E-state index is 0.630. The lowest BCUT2D eigenvalue weighted by molar-refractivity contribution is 0.392. The van der Waals surface area contributed by atoms with Gasteiger partial charge in [0.05, 0.1) is 11.9 Å². The van der Waals surface area contributed by atoms with Crippen LogP contribution in [-0.2, 0) is 13.1 Å². The van der Waals surface area contributed by atoms with Gasteiger partial charge in [0.25, 0.3) is 0 Å². The molecule has 7 nitrogen and oxygen atoms in total. The van der Waals surface area contributed by atoms with Gasteiger partial charge < -0.3 is 15.2 Å². The smallest absolute Gasteiger partial charge is 0.191 e. The number of rotatable bonds is 4. The highest BCUT2D eigenvalue weighted by Gasteiger charge is 2.09. The zero-order valence-corrected chi connectivity index (χ0v) is 12.2. The quantitative estimate of drug-likeness (QED) is 0.576. The van der Waals surface area contributed by atoms with Crippen LogP contribution in [0.15, 0.2) is 15.7 Å². The van der Waals surface area contributed by atoms with Crippen LogP contribution in [0.25, 0.3) is 0 Å². The number of aromatic amines is 1. The monoisotopic (exact) mass is 276 g/mol. The molecule has 2 heterocycles. The lowest BCUT2D eigenvalue weighted by Crippen LogP contribution is -2.36. The Morgan fingerprint density at radius 2 is 2.05 bits per heavy atom. The van der Waals surface area contributed by atoms with E-state index >= 15 is 0 Å². The van der Waals surface area contributed by atoms with Crippen molar-refractivity contribution in [1.82, 2.24) is 26.0 Å². The molecular weight excluding hydrogens is 256 g/mol. The van der Waals surface area contributed by atoms with E-state index in [2.05, 4.69) is 31.0 Å². The van der Waals surface area contributed by atoms with Crippen LogP contribution in [-0.4, -0.2) is 28.4 Å². The van der Waals surface area contributed by atoms with Gasteiger partial charge in [-0.05, 0) is 20.8 Å². The molecule has 0 saturated heterocycles. The van der Waals surface area contributed by atoms with E-state index in [-0.39, 0.29) is 0 Å². The lowest BCUT2D eigenvalue weighted by atomic mass is 10.2. The highest BCUT2D eigenvalue weighted by atomic mass is 16.5. The molecule has 0 aliphatic rings. The van der Waals surface area contributed by atoms with Crippen molar-refractivity contribution in [2.45, 2.75) is 33.9 Å². The number of guanidine groups is 1. The summed E-state index contributed by atoms with van der Waals surface area (Å²) < 4.78 is 5.13. The Morgan fingerprint density at radius 3 is 2.60 bits per heavy atom. The fourth-order valence-electron chi connectivity index (χ4n) is 1.88. The first-order chi connectivity index (χ1) is 9.61. The summed E-state index contributed by atoms with van der Waals surface area (Å²) in [6.07, 6.45) is 1.81. The first kappa shape index (κ1) is 14.1. The number of aliphatic imine (C=N–C) groups is 1. The van der Waals surface area contributed by atoms with Crippen LogP contribution in [0.1, 0.15) is 28.3 Å². The van der Waals surface area contributed by atoms with Crippen LogP contribution in [0.4, 0.5) is 0 Å². The number of H-pyrrole nitrogens is 1. The number of hydrogen-bond donors (Lipinski definition) is 3. The molecule has 0 aliphatic heterocycles. The zero-order chi connectivity index (χ0) is 14.5. The third kappa shape index (κ3) is 3.17. The van der Waals surface area contributed by atoms with E-state index < -0.39 is 0 Å². The van der Waals surface area contributed by atoms with E-state index in [9.17, 15) is 0 Å². The fraction of sp³-hybridized carbons (Fsp3) is 0.462. The van der Waals surface area contributed by atoms with E-state index in [1.165, 1.54) is 0 Å². The molecule has 108 valence electrons. The van der Waals surface area contributed by atoms with Gasteiger partial charge in [-0.2, -0.15) is 5.10 Å². The standard InChI is InChI=1S/C13H20N6O/c1-8-11(6-17-18-8)5-15-13(14-4)16-7-12-9(2)19-20-10(12)3/h6H,5,7H2,1-4H3,(H,17,18)(H2,14,15,16). The van der Waals surface area contributed by atoms with E-state index in [4.69, 9.17) is 4.52 Å². The second kappa shape index (κ2) is 6.23. The largest absolute Gasteiger partial charge is 0.361 e. The molecule has 0 spiro atoms. The maximum Gasteiger partial charge on any atom is 0.191 e. The van der Waals surface area contributed by atoms with Crippen molar-refractivity contribution in [3.8, 4) is 0 Å². The summed E-state index contributed by atoms with van der Waals surface area (Å²) in [7, 11) is 1.74. The summed E-state index contributed by atoms with van der Waals surface area (Å²) in [4.78, 5) is 4.19. The van der Waals surface area contributed by atoms with Gasteiger partial charge in [-0.1, -0.05) is 5.16 Å². The highest BCUT2D eigenvalue weighted by molar-refractivity contribution is 5.79. The molecule has 0 aromatic carbocycles. The molecule has 2 rings (SSSR count). The zero-order valence-electron chi connectivity index (χ0n) is 12.2. The van der Waals surface area contributed by atoms with Crippen molar-refractivity contribution in [1.29, 1.82) is 0 Å². The normalized spacial score (nSPS) is 11.7. The molecule has 7 heteroatoms. The minimum atomic E-state index is 0.630. The molecule has 0 atom stereocenters. The number of hydrogen-bond acceptors (Lipinski definition) is 4. The van der Waals surface area contributed by atoms with E-state index in [1.54, 1.807) is 7.05 Å². The van der Waals surface area contributed by atoms with E-state index in [0.717, 1.165) is 34.2 Å². The van der Waals surface area contributed by atoms with Crippen molar-refractivity contribution in [2.75, 3.05) is 7.05 Å². The molecule has 3 N–H and O–H groups in total. The predicted molar refractivity (Wildman–Crippen MR) is 76.3 cm³/mol. The van der Waals surface area contributed by atoms with Gasteiger partial charge >= 0.3 is 0 Å². The maximum atomic E-state index is 5.13. The van der Waals surface area contributed by atoms with Crippen molar-refractivity contribution in [2.24, 2.45) is 4.99 Å². The summed E-state index contributed by atoms with van der Waals surface area (Å²) in [5.74, 6) is 1.56. The first-order valence-corrected chi connectivity index (χ1v) is 6.47. The Balaban J connectivity index is 1.89. The molecule has 0 radical (unpaired) electrons. The Bertz CT molecular complexity index is 578. The Hall–Kier alpha value is -2.31. The number of nitrogens with zero attached hydrogens (tertiary/aromatic N) is 3. The molecule has 0 aliphatic carbocycles. The van der Waals surface area contributed by atoms with Crippen LogP contribution in [0.3, 0.4) is 0 Å². The number of aromatic nitrogens is 3. The lowest BCUT2D eigenvalue weighted by Gasteiger charge is -2.11. The Kier molecular flexibility index (Phi) is 4.39. The van der Waals surface area contributed by atoms with Crippen molar-refractivity contribution >= 4 is 5.96 Å². The molecule has 2 aromatic rings. The van der Waals surface area contributed by atoms with Gasteiger partial charge in [0.1, 0.15) is 5.76 Å². The van der Waals surface area contributed by atoms with Crippen LogP contribution < -0.4 is 10.6 Å². The van der Waals surface area contributed by atoms with Crippen molar-refractivity contribution in [3.05, 3.63) is 34.5 Å². The van der Waals surface area contributed by atoms with Gasteiger partial charge in [0.2, 0.25) is 0 Å². The second-order valence-corrected chi connectivity index (χ2v) is 4.60. The molecule has 0 saturated carbocycles.